The lowest BCUT2D eigenvalue weighted by Gasteiger charge is -2.35. The Kier molecular flexibility index (Phi) is 6.01. The van der Waals surface area contributed by atoms with Gasteiger partial charge in [-0.05, 0) is 80.4 Å². The van der Waals surface area contributed by atoms with Crippen LogP contribution in [0.25, 0.3) is 11.0 Å². The van der Waals surface area contributed by atoms with Gasteiger partial charge < -0.3 is 14.2 Å². The van der Waals surface area contributed by atoms with E-state index >= 15 is 0 Å². The minimum Gasteiger partial charge on any atom is -0.475 e. The van der Waals surface area contributed by atoms with Crippen LogP contribution >= 0.6 is 11.6 Å². The van der Waals surface area contributed by atoms with Gasteiger partial charge in [0.05, 0.1) is 12.0 Å². The van der Waals surface area contributed by atoms with Crippen molar-refractivity contribution in [3.63, 3.8) is 0 Å². The lowest BCUT2D eigenvalue weighted by molar-refractivity contribution is 0.133. The van der Waals surface area contributed by atoms with Crippen LogP contribution < -0.4 is 4.74 Å². The van der Waals surface area contributed by atoms with Gasteiger partial charge in [0.15, 0.2) is 5.58 Å². The van der Waals surface area contributed by atoms with Crippen molar-refractivity contribution >= 4 is 22.6 Å². The molecule has 0 atom stereocenters. The molecule has 0 amide bonds. The lowest BCUT2D eigenvalue weighted by atomic mass is 9.87. The average molecular weight is 377 g/mol. The van der Waals surface area contributed by atoms with Crippen LogP contribution in [-0.2, 0) is 0 Å². The topological polar surface area (TPSA) is 38.5 Å². The molecule has 2 fully saturated rings. The maximum atomic E-state index is 6.06. The van der Waals surface area contributed by atoms with Gasteiger partial charge in [-0.2, -0.15) is 0 Å². The Bertz CT molecular complexity index is 703. The van der Waals surface area contributed by atoms with Crippen LogP contribution in [0, 0.1) is 11.8 Å². The Balaban J connectivity index is 1.19. The van der Waals surface area contributed by atoms with E-state index in [-0.39, 0.29) is 0 Å². The van der Waals surface area contributed by atoms with Gasteiger partial charge in [0.1, 0.15) is 0 Å². The van der Waals surface area contributed by atoms with Crippen molar-refractivity contribution in [3.8, 4) is 5.88 Å². The van der Waals surface area contributed by atoms with Gasteiger partial charge >= 0.3 is 0 Å². The highest BCUT2D eigenvalue weighted by Gasteiger charge is 2.23. The summed E-state index contributed by atoms with van der Waals surface area (Å²) in [6, 6.07) is 5.49. The van der Waals surface area contributed by atoms with Gasteiger partial charge in [0, 0.05) is 11.6 Å². The molecule has 1 aliphatic heterocycles. The number of benzene rings is 1. The first-order chi connectivity index (χ1) is 12.8. The zero-order valence-electron chi connectivity index (χ0n) is 15.5. The third-order valence-electron chi connectivity index (χ3n) is 6.11. The van der Waals surface area contributed by atoms with Crippen molar-refractivity contribution in [2.75, 3.05) is 26.2 Å². The number of piperidine rings is 1. The molecule has 142 valence electrons. The third kappa shape index (κ3) is 4.52. The number of halogens is 1. The van der Waals surface area contributed by atoms with Crippen LogP contribution in [0.5, 0.6) is 5.88 Å². The number of ether oxygens (including phenoxy) is 1. The van der Waals surface area contributed by atoms with Crippen LogP contribution in [0.2, 0.25) is 5.02 Å². The number of rotatable bonds is 6. The Hall–Kier alpha value is -1.26. The van der Waals surface area contributed by atoms with Crippen molar-refractivity contribution < 1.29 is 9.26 Å². The van der Waals surface area contributed by atoms with Crippen molar-refractivity contribution in [2.24, 2.45) is 11.8 Å². The van der Waals surface area contributed by atoms with E-state index in [1.807, 2.05) is 12.1 Å². The summed E-state index contributed by atoms with van der Waals surface area (Å²) < 4.78 is 11.2. The molecule has 4 nitrogen and oxygen atoms in total. The predicted molar refractivity (Wildman–Crippen MR) is 105 cm³/mol. The summed E-state index contributed by atoms with van der Waals surface area (Å²) in [6.07, 6.45) is 10.9. The Labute approximate surface area is 160 Å². The van der Waals surface area contributed by atoms with Gasteiger partial charge in [-0.15, -0.1) is 0 Å². The first-order valence-corrected chi connectivity index (χ1v) is 10.6. The minimum atomic E-state index is 0.567. The minimum absolute atomic E-state index is 0.567. The molecule has 0 unspecified atom stereocenters. The van der Waals surface area contributed by atoms with Gasteiger partial charge in [-0.3, -0.25) is 0 Å². The zero-order valence-corrected chi connectivity index (χ0v) is 16.2. The molecule has 2 heterocycles. The molecule has 1 aromatic heterocycles. The smallest absolute Gasteiger partial charge is 0.262 e. The molecule has 0 radical (unpaired) electrons. The molecule has 1 aliphatic carbocycles. The number of nitrogens with zero attached hydrogens (tertiary/aromatic N) is 2. The molecule has 0 bridgehead atoms. The van der Waals surface area contributed by atoms with E-state index in [1.165, 1.54) is 64.6 Å². The number of hydrogen-bond donors (Lipinski definition) is 0. The molecule has 5 heteroatoms. The second-order valence-corrected chi connectivity index (χ2v) is 8.45. The molecular weight excluding hydrogens is 348 g/mol. The summed E-state index contributed by atoms with van der Waals surface area (Å²) in [5, 5.41) is 5.57. The van der Waals surface area contributed by atoms with Gasteiger partial charge in [-0.1, -0.05) is 30.9 Å². The van der Waals surface area contributed by atoms with E-state index in [4.69, 9.17) is 20.9 Å². The van der Waals surface area contributed by atoms with Crippen LogP contribution in [0.1, 0.15) is 51.4 Å². The number of hydrogen-bond acceptors (Lipinski definition) is 4. The summed E-state index contributed by atoms with van der Waals surface area (Å²) in [5.41, 5.74) is 0.723. The zero-order chi connectivity index (χ0) is 17.8. The summed E-state index contributed by atoms with van der Waals surface area (Å²) in [5.74, 6) is 2.28. The van der Waals surface area contributed by atoms with Crippen molar-refractivity contribution in [3.05, 3.63) is 23.2 Å². The summed E-state index contributed by atoms with van der Waals surface area (Å²) >= 11 is 6.06. The first kappa shape index (κ1) is 18.1. The van der Waals surface area contributed by atoms with Crippen LogP contribution in [-0.4, -0.2) is 36.3 Å². The highest BCUT2D eigenvalue weighted by atomic mass is 35.5. The maximum Gasteiger partial charge on any atom is 0.262 e. The van der Waals surface area contributed by atoms with Gasteiger partial charge in [0.25, 0.3) is 5.88 Å². The molecule has 2 aliphatic rings. The summed E-state index contributed by atoms with van der Waals surface area (Å²) in [4.78, 5) is 2.69. The normalized spacial score (nSPS) is 20.7. The van der Waals surface area contributed by atoms with Crippen LogP contribution in [0.4, 0.5) is 0 Å². The van der Waals surface area contributed by atoms with E-state index in [9.17, 15) is 0 Å². The standard InChI is InChI=1S/C21H29ClN2O2/c22-18-6-7-20-19(14-18)21(23-26-20)25-13-10-16-8-11-24(12-9-16)15-17-4-2-1-3-5-17/h6-7,14,16-17H,1-5,8-13,15H2. The van der Waals surface area contributed by atoms with Gasteiger partial charge in [0.2, 0.25) is 0 Å². The largest absolute Gasteiger partial charge is 0.475 e. The Morgan fingerprint density at radius 3 is 2.69 bits per heavy atom. The Morgan fingerprint density at radius 2 is 1.88 bits per heavy atom. The molecule has 1 saturated carbocycles. The maximum absolute atomic E-state index is 6.06. The highest BCUT2D eigenvalue weighted by molar-refractivity contribution is 6.31. The van der Waals surface area contributed by atoms with Crippen molar-refractivity contribution in [1.29, 1.82) is 0 Å². The average Bonchev–Trinajstić information content (AvgIpc) is 3.06. The number of likely N-dealkylation sites (tertiary alicyclic amines) is 1. The molecule has 26 heavy (non-hydrogen) atoms. The molecule has 0 N–H and O–H groups in total. The van der Waals surface area contributed by atoms with Crippen molar-refractivity contribution in [1.82, 2.24) is 10.1 Å². The van der Waals surface area contributed by atoms with E-state index in [0.717, 1.165) is 29.2 Å². The molecule has 0 spiro atoms. The Morgan fingerprint density at radius 1 is 1.08 bits per heavy atom. The molecule has 1 aromatic carbocycles. The van der Waals surface area contributed by atoms with E-state index in [2.05, 4.69) is 10.1 Å². The number of fused-ring (bicyclic) bond motifs is 1. The molecule has 1 saturated heterocycles. The molecule has 2 aromatic rings. The van der Waals surface area contributed by atoms with E-state index in [0.29, 0.717) is 17.5 Å². The van der Waals surface area contributed by atoms with Crippen LogP contribution in [0.3, 0.4) is 0 Å². The monoisotopic (exact) mass is 376 g/mol. The molecule has 4 rings (SSSR count). The van der Waals surface area contributed by atoms with Crippen molar-refractivity contribution in [2.45, 2.75) is 51.4 Å². The fourth-order valence-corrected chi connectivity index (χ4v) is 4.68. The highest BCUT2D eigenvalue weighted by Crippen LogP contribution is 2.29. The summed E-state index contributed by atoms with van der Waals surface area (Å²) in [7, 11) is 0. The quantitative estimate of drug-likeness (QED) is 0.663. The third-order valence-corrected chi connectivity index (χ3v) is 6.35. The number of aromatic nitrogens is 1. The lowest BCUT2D eigenvalue weighted by Crippen LogP contribution is -2.37. The first-order valence-electron chi connectivity index (χ1n) is 10.2. The second kappa shape index (κ2) is 8.62. The molecular formula is C21H29ClN2O2. The fraction of sp³-hybridized carbons (Fsp3) is 0.667. The summed E-state index contributed by atoms with van der Waals surface area (Å²) in [6.45, 7) is 4.53. The van der Waals surface area contributed by atoms with E-state index in [1.54, 1.807) is 6.07 Å². The van der Waals surface area contributed by atoms with E-state index < -0.39 is 0 Å². The fourth-order valence-electron chi connectivity index (χ4n) is 4.51. The van der Waals surface area contributed by atoms with Gasteiger partial charge in [-0.25, -0.2) is 0 Å². The van der Waals surface area contributed by atoms with Crippen LogP contribution in [0.15, 0.2) is 22.7 Å². The SMILES string of the molecule is Clc1ccc2onc(OCCC3CCN(CC4CCCCC4)CC3)c2c1. The second-order valence-electron chi connectivity index (χ2n) is 8.01. The predicted octanol–water partition coefficient (Wildman–Crippen LogP) is 5.54.